The van der Waals surface area contributed by atoms with Gasteiger partial charge in [0.1, 0.15) is 15.3 Å². The van der Waals surface area contributed by atoms with Gasteiger partial charge in [0.15, 0.2) is 0 Å². The lowest BCUT2D eigenvalue weighted by Gasteiger charge is -2.02. The number of halogens is 1. The van der Waals surface area contributed by atoms with Crippen LogP contribution in [0.2, 0.25) is 0 Å². The van der Waals surface area contributed by atoms with E-state index in [-0.39, 0.29) is 0 Å². The number of hydrogen-bond donors (Lipinski definition) is 0. The van der Waals surface area contributed by atoms with Crippen LogP contribution in [0.25, 0.3) is 16.4 Å². The Bertz CT molecular complexity index is 632. The molecule has 3 rings (SSSR count). The molecule has 17 heavy (non-hydrogen) atoms. The summed E-state index contributed by atoms with van der Waals surface area (Å²) in [6.45, 7) is 0. The Morgan fingerprint density at radius 3 is 2.71 bits per heavy atom. The van der Waals surface area contributed by atoms with Gasteiger partial charge in [0.25, 0.3) is 0 Å². The van der Waals surface area contributed by atoms with E-state index in [1.54, 1.807) is 22.2 Å². The molecule has 0 saturated carbocycles. The van der Waals surface area contributed by atoms with Crippen LogP contribution in [0.1, 0.15) is 0 Å². The van der Waals surface area contributed by atoms with Crippen LogP contribution >= 0.6 is 27.3 Å². The minimum absolute atomic E-state index is 0.832. The fraction of sp³-hybridized carbons (Fsp3) is 0. The van der Waals surface area contributed by atoms with Gasteiger partial charge in [-0.1, -0.05) is 23.4 Å². The normalized spacial score (nSPS) is 10.6. The minimum atomic E-state index is 0.832. The molecule has 0 unspecified atom stereocenters. The average Bonchev–Trinajstić information content (AvgIpc) is 2.98. The van der Waals surface area contributed by atoms with Crippen LogP contribution in [0.4, 0.5) is 0 Å². The van der Waals surface area contributed by atoms with E-state index in [0.717, 1.165) is 21.0 Å². The molecular formula is C11H7BrN4S. The second-order valence-electron chi connectivity index (χ2n) is 3.34. The zero-order valence-corrected chi connectivity index (χ0v) is 11.0. The highest BCUT2D eigenvalue weighted by molar-refractivity contribution is 9.10. The molecule has 0 fully saturated rings. The van der Waals surface area contributed by atoms with Crippen molar-refractivity contribution in [2.45, 2.75) is 0 Å². The topological polar surface area (TPSA) is 43.6 Å². The summed E-state index contributed by atoms with van der Waals surface area (Å²) in [5, 5.41) is 10.9. The molecule has 6 heteroatoms. The molecule has 0 atom stereocenters. The lowest BCUT2D eigenvalue weighted by atomic mass is 10.3. The van der Waals surface area contributed by atoms with E-state index in [9.17, 15) is 0 Å². The summed E-state index contributed by atoms with van der Waals surface area (Å²) in [6.07, 6.45) is 1.72. The Morgan fingerprint density at radius 2 is 2.00 bits per heavy atom. The molecule has 0 radical (unpaired) electrons. The lowest BCUT2D eigenvalue weighted by molar-refractivity contribution is 0.807. The van der Waals surface area contributed by atoms with Gasteiger partial charge in [0.2, 0.25) is 0 Å². The van der Waals surface area contributed by atoms with Crippen molar-refractivity contribution in [1.82, 2.24) is 20.0 Å². The molecule has 1 aromatic carbocycles. The van der Waals surface area contributed by atoms with E-state index in [4.69, 9.17) is 0 Å². The molecule has 0 amide bonds. The van der Waals surface area contributed by atoms with Crippen LogP contribution in [0.3, 0.4) is 0 Å². The quantitative estimate of drug-likeness (QED) is 0.730. The standard InChI is InChI=1S/C11H7BrN4S/c12-10-7-17-11(14-10)9-6-13-15-16(9)8-4-2-1-3-5-8/h1-7H. The summed E-state index contributed by atoms with van der Waals surface area (Å²) in [4.78, 5) is 4.37. The Morgan fingerprint density at radius 1 is 1.18 bits per heavy atom. The molecule has 0 aliphatic heterocycles. The van der Waals surface area contributed by atoms with Gasteiger partial charge >= 0.3 is 0 Å². The van der Waals surface area contributed by atoms with Crippen LogP contribution in [0.5, 0.6) is 0 Å². The van der Waals surface area contributed by atoms with Crippen LogP contribution in [0.15, 0.2) is 46.5 Å². The van der Waals surface area contributed by atoms with Gasteiger partial charge in [0, 0.05) is 5.38 Å². The summed E-state index contributed by atoms with van der Waals surface area (Å²) >= 11 is 4.91. The van der Waals surface area contributed by atoms with Gasteiger partial charge in [-0.25, -0.2) is 9.67 Å². The molecule has 2 heterocycles. The number of para-hydroxylation sites is 1. The van der Waals surface area contributed by atoms with Crippen molar-refractivity contribution in [3.63, 3.8) is 0 Å². The van der Waals surface area contributed by atoms with Crippen LogP contribution in [0, 0.1) is 0 Å². The van der Waals surface area contributed by atoms with Crippen molar-refractivity contribution < 1.29 is 0 Å². The maximum atomic E-state index is 4.37. The van der Waals surface area contributed by atoms with E-state index >= 15 is 0 Å². The molecule has 0 saturated heterocycles. The molecule has 0 bridgehead atoms. The van der Waals surface area contributed by atoms with Crippen LogP contribution < -0.4 is 0 Å². The first kappa shape index (κ1) is 10.6. The number of rotatable bonds is 2. The SMILES string of the molecule is Brc1csc(-c2cnnn2-c2ccccc2)n1. The van der Waals surface area contributed by atoms with Crippen molar-refractivity contribution in [2.75, 3.05) is 0 Å². The Kier molecular flexibility index (Phi) is 2.74. The molecule has 0 aliphatic carbocycles. The number of nitrogens with zero attached hydrogens (tertiary/aromatic N) is 4. The van der Waals surface area contributed by atoms with Crippen molar-refractivity contribution in [2.24, 2.45) is 0 Å². The first-order valence-electron chi connectivity index (χ1n) is 4.92. The average molecular weight is 307 g/mol. The number of hydrogen-bond acceptors (Lipinski definition) is 4. The fourth-order valence-corrected chi connectivity index (χ4v) is 2.76. The highest BCUT2D eigenvalue weighted by Crippen LogP contribution is 2.26. The predicted molar refractivity (Wildman–Crippen MR) is 70.2 cm³/mol. The molecule has 3 aromatic rings. The van der Waals surface area contributed by atoms with Gasteiger partial charge in [-0.15, -0.1) is 16.4 Å². The molecule has 4 nitrogen and oxygen atoms in total. The van der Waals surface area contributed by atoms with Crippen molar-refractivity contribution in [3.05, 3.63) is 46.5 Å². The first-order valence-corrected chi connectivity index (χ1v) is 6.59. The van der Waals surface area contributed by atoms with Crippen LogP contribution in [-0.4, -0.2) is 20.0 Å². The zero-order chi connectivity index (χ0) is 11.7. The smallest absolute Gasteiger partial charge is 0.145 e. The summed E-state index contributed by atoms with van der Waals surface area (Å²) in [5.41, 5.74) is 1.87. The minimum Gasteiger partial charge on any atom is -0.227 e. The van der Waals surface area contributed by atoms with Gasteiger partial charge in [-0.05, 0) is 28.1 Å². The van der Waals surface area contributed by atoms with Gasteiger partial charge < -0.3 is 0 Å². The maximum Gasteiger partial charge on any atom is 0.145 e. The first-order chi connectivity index (χ1) is 8.34. The summed E-state index contributed by atoms with van der Waals surface area (Å²) < 4.78 is 2.61. The molecular weight excluding hydrogens is 300 g/mol. The summed E-state index contributed by atoms with van der Waals surface area (Å²) in [7, 11) is 0. The Hall–Kier alpha value is -1.53. The van der Waals surface area contributed by atoms with Crippen LogP contribution in [-0.2, 0) is 0 Å². The molecule has 0 aliphatic rings. The molecule has 2 aromatic heterocycles. The maximum absolute atomic E-state index is 4.37. The predicted octanol–water partition coefficient (Wildman–Crippen LogP) is 3.15. The highest BCUT2D eigenvalue weighted by Gasteiger charge is 2.11. The lowest BCUT2D eigenvalue weighted by Crippen LogP contribution is -1.98. The highest BCUT2D eigenvalue weighted by atomic mass is 79.9. The molecule has 84 valence electrons. The summed E-state index contributed by atoms with van der Waals surface area (Å²) in [6, 6.07) is 9.89. The zero-order valence-electron chi connectivity index (χ0n) is 8.62. The van der Waals surface area contributed by atoms with Crippen molar-refractivity contribution in [1.29, 1.82) is 0 Å². The van der Waals surface area contributed by atoms with E-state index in [2.05, 4.69) is 31.2 Å². The molecule has 0 spiro atoms. The van der Waals surface area contributed by atoms with Crippen molar-refractivity contribution in [3.8, 4) is 16.4 Å². The number of thiazole rings is 1. The Labute approximate surface area is 110 Å². The summed E-state index contributed by atoms with van der Waals surface area (Å²) in [5.74, 6) is 0. The third kappa shape index (κ3) is 2.01. The third-order valence-electron chi connectivity index (χ3n) is 2.25. The second-order valence-corrected chi connectivity index (χ2v) is 5.01. The fourth-order valence-electron chi connectivity index (χ4n) is 1.51. The van der Waals surface area contributed by atoms with Gasteiger partial charge in [-0.3, -0.25) is 0 Å². The van der Waals surface area contributed by atoms with E-state index in [1.165, 1.54) is 0 Å². The molecule has 0 N–H and O–H groups in total. The van der Waals surface area contributed by atoms with E-state index in [1.807, 2.05) is 35.7 Å². The Balaban J connectivity index is 2.12. The van der Waals surface area contributed by atoms with Gasteiger partial charge in [-0.2, -0.15) is 0 Å². The van der Waals surface area contributed by atoms with Crippen molar-refractivity contribution >= 4 is 27.3 Å². The number of benzene rings is 1. The second kappa shape index (κ2) is 4.38. The third-order valence-corrected chi connectivity index (χ3v) is 3.82. The number of aromatic nitrogens is 4. The monoisotopic (exact) mass is 306 g/mol. The largest absolute Gasteiger partial charge is 0.227 e. The van der Waals surface area contributed by atoms with E-state index in [0.29, 0.717) is 0 Å². The van der Waals surface area contributed by atoms with E-state index < -0.39 is 0 Å². The van der Waals surface area contributed by atoms with Gasteiger partial charge in [0.05, 0.1) is 11.9 Å².